The topological polar surface area (TPSA) is 62.2 Å². The van der Waals surface area contributed by atoms with Crippen molar-refractivity contribution in [2.75, 3.05) is 51.8 Å². The molecule has 1 aromatic carbocycles. The largest absolute Gasteiger partial charge is 0.492 e. The fourth-order valence-corrected chi connectivity index (χ4v) is 3.48. The lowest BCUT2D eigenvalue weighted by molar-refractivity contribution is 0.0529. The Hall–Kier alpha value is -1.78. The summed E-state index contributed by atoms with van der Waals surface area (Å²) in [6.45, 7) is 6.45. The third-order valence-corrected chi connectivity index (χ3v) is 5.13. The molecule has 1 atom stereocenters. The Morgan fingerprint density at radius 1 is 1.39 bits per heavy atom. The van der Waals surface area contributed by atoms with Gasteiger partial charge in [0.2, 0.25) is 0 Å². The van der Waals surface area contributed by atoms with Crippen molar-refractivity contribution in [3.05, 3.63) is 53.2 Å². The van der Waals surface area contributed by atoms with Crippen molar-refractivity contribution in [3.63, 3.8) is 0 Å². The van der Waals surface area contributed by atoms with Gasteiger partial charge in [0, 0.05) is 44.9 Å². The Morgan fingerprint density at radius 2 is 2.23 bits per heavy atom. The van der Waals surface area contributed by atoms with E-state index in [-0.39, 0.29) is 30.1 Å². The van der Waals surface area contributed by atoms with Crippen molar-refractivity contribution >= 4 is 47.4 Å². The molecule has 0 bridgehead atoms. The SMILES string of the molecule is CN=C(NCc1ccnc(N2CCOC(C)C2)c1)N(C)CCOc1cccc(Cl)c1.I. The molecule has 1 fully saturated rings. The highest BCUT2D eigenvalue weighted by Gasteiger charge is 2.18. The highest BCUT2D eigenvalue weighted by molar-refractivity contribution is 14.0. The first-order chi connectivity index (χ1) is 14.5. The fourth-order valence-electron chi connectivity index (χ4n) is 3.30. The van der Waals surface area contributed by atoms with E-state index < -0.39 is 0 Å². The molecule has 0 radical (unpaired) electrons. The minimum absolute atomic E-state index is 0. The van der Waals surface area contributed by atoms with Crippen molar-refractivity contribution in [3.8, 4) is 5.75 Å². The van der Waals surface area contributed by atoms with E-state index in [0.717, 1.165) is 42.8 Å². The van der Waals surface area contributed by atoms with Gasteiger partial charge in [0.1, 0.15) is 18.2 Å². The number of aliphatic imine (C=N–C) groups is 1. The molecule has 1 unspecified atom stereocenters. The second-order valence-electron chi connectivity index (χ2n) is 7.28. The van der Waals surface area contributed by atoms with E-state index in [0.29, 0.717) is 24.7 Å². The summed E-state index contributed by atoms with van der Waals surface area (Å²) in [6.07, 6.45) is 2.08. The molecule has 31 heavy (non-hydrogen) atoms. The molecule has 3 rings (SSSR count). The van der Waals surface area contributed by atoms with Gasteiger partial charge < -0.3 is 24.6 Å². The number of rotatable bonds is 7. The smallest absolute Gasteiger partial charge is 0.193 e. The van der Waals surface area contributed by atoms with Crippen LogP contribution in [-0.2, 0) is 11.3 Å². The molecule has 1 N–H and O–H groups in total. The number of halogens is 2. The van der Waals surface area contributed by atoms with Gasteiger partial charge in [0.15, 0.2) is 5.96 Å². The van der Waals surface area contributed by atoms with Crippen molar-refractivity contribution in [2.45, 2.75) is 19.6 Å². The van der Waals surface area contributed by atoms with Crippen molar-refractivity contribution < 1.29 is 9.47 Å². The number of anilines is 1. The van der Waals surface area contributed by atoms with Crippen LogP contribution in [0.2, 0.25) is 5.02 Å². The van der Waals surface area contributed by atoms with Crippen molar-refractivity contribution in [1.29, 1.82) is 0 Å². The first-order valence-electron chi connectivity index (χ1n) is 10.2. The van der Waals surface area contributed by atoms with Crippen LogP contribution in [0.4, 0.5) is 5.82 Å². The van der Waals surface area contributed by atoms with Crippen LogP contribution in [0, 0.1) is 0 Å². The molecule has 0 saturated carbocycles. The number of hydrogen-bond donors (Lipinski definition) is 1. The summed E-state index contributed by atoms with van der Waals surface area (Å²) in [6, 6.07) is 11.6. The molecule has 1 aliphatic heterocycles. The maximum atomic E-state index is 5.99. The van der Waals surface area contributed by atoms with Crippen LogP contribution >= 0.6 is 35.6 Å². The van der Waals surface area contributed by atoms with Gasteiger partial charge in [0.05, 0.1) is 19.3 Å². The lowest BCUT2D eigenvalue weighted by Crippen LogP contribution is -2.42. The number of nitrogens with one attached hydrogen (secondary N) is 1. The maximum Gasteiger partial charge on any atom is 0.193 e. The molecule has 1 saturated heterocycles. The molecule has 170 valence electrons. The van der Waals surface area contributed by atoms with Gasteiger partial charge in [-0.05, 0) is 42.8 Å². The first-order valence-corrected chi connectivity index (χ1v) is 10.5. The van der Waals surface area contributed by atoms with Gasteiger partial charge in [-0.3, -0.25) is 4.99 Å². The van der Waals surface area contributed by atoms with E-state index in [4.69, 9.17) is 21.1 Å². The number of aromatic nitrogens is 1. The van der Waals surface area contributed by atoms with Crippen molar-refractivity contribution in [2.24, 2.45) is 4.99 Å². The molecule has 2 aromatic rings. The van der Waals surface area contributed by atoms with Crippen LogP contribution in [0.1, 0.15) is 12.5 Å². The van der Waals surface area contributed by atoms with E-state index in [1.54, 1.807) is 7.05 Å². The Kier molecular flexibility index (Phi) is 10.6. The van der Waals surface area contributed by atoms with Crippen molar-refractivity contribution in [1.82, 2.24) is 15.2 Å². The van der Waals surface area contributed by atoms with Gasteiger partial charge >= 0.3 is 0 Å². The van der Waals surface area contributed by atoms with Crippen LogP contribution in [0.3, 0.4) is 0 Å². The average molecular weight is 560 g/mol. The predicted octanol–water partition coefficient (Wildman–Crippen LogP) is 3.66. The van der Waals surface area contributed by atoms with Crippen LogP contribution in [0.5, 0.6) is 5.75 Å². The van der Waals surface area contributed by atoms with Gasteiger partial charge in [-0.25, -0.2) is 4.98 Å². The zero-order chi connectivity index (χ0) is 21.3. The lowest BCUT2D eigenvalue weighted by Gasteiger charge is -2.32. The quantitative estimate of drug-likeness (QED) is 0.317. The summed E-state index contributed by atoms with van der Waals surface area (Å²) in [4.78, 5) is 13.2. The maximum absolute atomic E-state index is 5.99. The second kappa shape index (κ2) is 12.9. The Bertz CT molecular complexity index is 854. The number of morpholine rings is 1. The molecule has 0 amide bonds. The second-order valence-corrected chi connectivity index (χ2v) is 7.71. The summed E-state index contributed by atoms with van der Waals surface area (Å²) in [5, 5.41) is 4.08. The molecule has 9 heteroatoms. The summed E-state index contributed by atoms with van der Waals surface area (Å²) < 4.78 is 11.4. The molecule has 1 aromatic heterocycles. The lowest BCUT2D eigenvalue weighted by atomic mass is 10.2. The zero-order valence-corrected chi connectivity index (χ0v) is 21.3. The standard InChI is InChI=1S/C22H30ClN5O2.HI/c1-17-16-28(10-12-29-17)21-13-18(7-8-25-21)15-26-22(24-2)27(3)9-11-30-20-6-4-5-19(23)14-20;/h4-8,13-14,17H,9-12,15-16H2,1-3H3,(H,24,26);1H. The third-order valence-electron chi connectivity index (χ3n) is 4.89. The number of guanidine groups is 1. The van der Waals surface area contributed by atoms with E-state index >= 15 is 0 Å². The number of likely N-dealkylation sites (N-methyl/N-ethyl adjacent to an activating group) is 1. The Labute approximate surface area is 206 Å². The third kappa shape index (κ3) is 8.01. The van der Waals surface area contributed by atoms with E-state index in [9.17, 15) is 0 Å². The number of benzene rings is 1. The Balaban J connectivity index is 0.00000341. The van der Waals surface area contributed by atoms with Crippen LogP contribution < -0.4 is 15.0 Å². The molecule has 0 spiro atoms. The predicted molar refractivity (Wildman–Crippen MR) is 137 cm³/mol. The Morgan fingerprint density at radius 3 is 2.97 bits per heavy atom. The van der Waals surface area contributed by atoms with Gasteiger partial charge in [-0.1, -0.05) is 17.7 Å². The zero-order valence-electron chi connectivity index (χ0n) is 18.3. The average Bonchev–Trinajstić information content (AvgIpc) is 2.74. The van der Waals surface area contributed by atoms with Crippen LogP contribution in [-0.4, -0.2) is 68.9 Å². The fraction of sp³-hybridized carbons (Fsp3) is 0.455. The normalized spacial score (nSPS) is 16.5. The minimum atomic E-state index is 0. The number of nitrogens with zero attached hydrogens (tertiary/aromatic N) is 4. The summed E-state index contributed by atoms with van der Waals surface area (Å²) in [7, 11) is 3.77. The van der Waals surface area contributed by atoms with E-state index in [1.165, 1.54) is 0 Å². The highest BCUT2D eigenvalue weighted by atomic mass is 127. The summed E-state index contributed by atoms with van der Waals surface area (Å²) in [5.74, 6) is 2.56. The number of pyridine rings is 1. The molecule has 1 aliphatic rings. The monoisotopic (exact) mass is 559 g/mol. The molecule has 2 heterocycles. The molecular weight excluding hydrogens is 529 g/mol. The number of ether oxygens (including phenoxy) is 2. The van der Waals surface area contributed by atoms with Crippen LogP contribution in [0.25, 0.3) is 0 Å². The summed E-state index contributed by atoms with van der Waals surface area (Å²) in [5.41, 5.74) is 1.16. The molecule has 0 aliphatic carbocycles. The van der Waals surface area contributed by atoms with E-state index in [1.807, 2.05) is 48.5 Å². The van der Waals surface area contributed by atoms with Gasteiger partial charge in [-0.2, -0.15) is 0 Å². The number of hydrogen-bond acceptors (Lipinski definition) is 5. The molecule has 7 nitrogen and oxygen atoms in total. The van der Waals surface area contributed by atoms with E-state index in [2.05, 4.69) is 33.2 Å². The van der Waals surface area contributed by atoms with Gasteiger partial charge in [0.25, 0.3) is 0 Å². The highest BCUT2D eigenvalue weighted by Crippen LogP contribution is 2.17. The first kappa shape index (κ1) is 25.5. The van der Waals surface area contributed by atoms with Gasteiger partial charge in [-0.15, -0.1) is 24.0 Å². The van der Waals surface area contributed by atoms with Crippen LogP contribution in [0.15, 0.2) is 47.6 Å². The molecular formula is C22H31ClIN5O2. The minimum Gasteiger partial charge on any atom is -0.492 e. The summed E-state index contributed by atoms with van der Waals surface area (Å²) >= 11 is 5.99.